The Morgan fingerprint density at radius 1 is 1.60 bits per heavy atom. The van der Waals surface area contributed by atoms with E-state index in [4.69, 9.17) is 0 Å². The summed E-state index contributed by atoms with van der Waals surface area (Å²) in [6.45, 7) is 1.55. The first kappa shape index (κ1) is 9.84. The standard InChI is InChI=1S/C7H8N5O2S/c1-2-15(13,14)11-6-3-4-9-12-5-8-10-7(6)12/h3,5,11H,2H2,1H3. The molecule has 79 valence electrons. The fourth-order valence-electron chi connectivity index (χ4n) is 1.02. The predicted molar refractivity (Wildman–Crippen MR) is 52.7 cm³/mol. The number of sulfonamides is 1. The van der Waals surface area contributed by atoms with E-state index in [0.717, 1.165) is 0 Å². The summed E-state index contributed by atoms with van der Waals surface area (Å²) in [5.41, 5.74) is 0.676. The summed E-state index contributed by atoms with van der Waals surface area (Å²) < 4.78 is 26.4. The van der Waals surface area contributed by atoms with Crippen LogP contribution in [-0.4, -0.2) is 34.0 Å². The van der Waals surface area contributed by atoms with Crippen LogP contribution in [0.1, 0.15) is 6.92 Å². The highest BCUT2D eigenvalue weighted by Crippen LogP contribution is 2.13. The van der Waals surface area contributed by atoms with Crippen LogP contribution >= 0.6 is 0 Å². The summed E-state index contributed by atoms with van der Waals surface area (Å²) in [4.78, 5) is 0. The lowest BCUT2D eigenvalue weighted by atomic mass is 10.5. The van der Waals surface area contributed by atoms with Gasteiger partial charge in [-0.2, -0.15) is 9.61 Å². The van der Waals surface area contributed by atoms with E-state index in [-0.39, 0.29) is 5.75 Å². The summed E-state index contributed by atoms with van der Waals surface area (Å²) in [6, 6.07) is 1.41. The van der Waals surface area contributed by atoms with Gasteiger partial charge in [0.05, 0.1) is 11.4 Å². The molecule has 0 unspecified atom stereocenters. The molecule has 0 saturated heterocycles. The first-order chi connectivity index (χ1) is 7.12. The third kappa shape index (κ3) is 1.89. The average molecular weight is 226 g/mol. The van der Waals surface area contributed by atoms with Crippen molar-refractivity contribution in [3.63, 3.8) is 0 Å². The first-order valence-corrected chi connectivity index (χ1v) is 5.85. The summed E-state index contributed by atoms with van der Waals surface area (Å²) >= 11 is 0. The Hall–Kier alpha value is -1.70. The number of aromatic nitrogens is 4. The lowest BCUT2D eigenvalue weighted by molar-refractivity contribution is 0.602. The van der Waals surface area contributed by atoms with Crippen LogP contribution in [0.2, 0.25) is 0 Å². The van der Waals surface area contributed by atoms with Gasteiger partial charge in [-0.15, -0.1) is 10.2 Å². The Kier molecular flexibility index (Phi) is 2.27. The van der Waals surface area contributed by atoms with Crippen LogP contribution in [-0.2, 0) is 10.0 Å². The second kappa shape index (κ2) is 3.46. The SMILES string of the molecule is CCS(=O)(=O)Nc1c[c]nn2cnnc12. The van der Waals surface area contributed by atoms with Crippen LogP contribution in [0.25, 0.3) is 5.65 Å². The zero-order valence-electron chi connectivity index (χ0n) is 7.88. The first-order valence-electron chi connectivity index (χ1n) is 4.20. The Morgan fingerprint density at radius 2 is 2.40 bits per heavy atom. The van der Waals surface area contributed by atoms with E-state index in [1.54, 1.807) is 6.92 Å². The van der Waals surface area contributed by atoms with Crippen LogP contribution < -0.4 is 4.72 Å². The molecule has 0 spiro atoms. The highest BCUT2D eigenvalue weighted by Gasteiger charge is 2.11. The predicted octanol–water partition coefficient (Wildman–Crippen LogP) is -0.314. The van der Waals surface area contributed by atoms with Crippen molar-refractivity contribution >= 4 is 21.4 Å². The molecule has 2 rings (SSSR count). The third-order valence-corrected chi connectivity index (χ3v) is 3.08. The molecule has 2 aromatic rings. The van der Waals surface area contributed by atoms with Gasteiger partial charge in [-0.1, -0.05) is 0 Å². The quantitative estimate of drug-likeness (QED) is 0.775. The second-order valence-corrected chi connectivity index (χ2v) is 4.80. The molecular formula is C7H8N5O2S. The molecule has 0 fully saturated rings. The number of nitrogens with one attached hydrogen (secondary N) is 1. The van der Waals surface area contributed by atoms with Gasteiger partial charge in [0.15, 0.2) is 0 Å². The van der Waals surface area contributed by atoms with Crippen molar-refractivity contribution in [1.29, 1.82) is 0 Å². The molecule has 0 bridgehead atoms. The van der Waals surface area contributed by atoms with Gasteiger partial charge in [-0.05, 0) is 13.0 Å². The van der Waals surface area contributed by atoms with Crippen molar-refractivity contribution in [1.82, 2.24) is 19.8 Å². The lowest BCUT2D eigenvalue weighted by Crippen LogP contribution is -2.15. The highest BCUT2D eigenvalue weighted by molar-refractivity contribution is 7.92. The topological polar surface area (TPSA) is 89.2 Å². The summed E-state index contributed by atoms with van der Waals surface area (Å²) in [6.07, 6.45) is 3.91. The Bertz CT molecular complexity index is 576. The molecule has 2 aromatic heterocycles. The zero-order valence-corrected chi connectivity index (χ0v) is 8.69. The minimum absolute atomic E-state index is 0.00435. The van der Waals surface area contributed by atoms with Crippen molar-refractivity contribution in [2.75, 3.05) is 10.5 Å². The van der Waals surface area contributed by atoms with Crippen LogP contribution in [0.15, 0.2) is 12.4 Å². The molecule has 1 radical (unpaired) electrons. The maximum Gasteiger partial charge on any atom is 0.232 e. The molecular weight excluding hydrogens is 218 g/mol. The van der Waals surface area contributed by atoms with E-state index in [1.165, 1.54) is 16.9 Å². The van der Waals surface area contributed by atoms with Gasteiger partial charge < -0.3 is 0 Å². The van der Waals surface area contributed by atoms with E-state index in [9.17, 15) is 8.42 Å². The Labute approximate surface area is 86.2 Å². The Balaban J connectivity index is 2.48. The number of hydrogen-bond acceptors (Lipinski definition) is 5. The molecule has 8 heteroatoms. The number of fused-ring (bicyclic) bond motifs is 1. The molecule has 0 amide bonds. The van der Waals surface area contributed by atoms with Gasteiger partial charge in [-0.25, -0.2) is 8.42 Å². The molecule has 0 aromatic carbocycles. The van der Waals surface area contributed by atoms with E-state index >= 15 is 0 Å². The molecule has 0 atom stereocenters. The van der Waals surface area contributed by atoms with Crippen molar-refractivity contribution in [3.8, 4) is 0 Å². The highest BCUT2D eigenvalue weighted by atomic mass is 32.2. The van der Waals surface area contributed by atoms with Gasteiger partial charge in [0.25, 0.3) is 0 Å². The van der Waals surface area contributed by atoms with E-state index in [2.05, 4.69) is 26.2 Å². The molecule has 0 aliphatic heterocycles. The summed E-state index contributed by atoms with van der Waals surface area (Å²) in [5.74, 6) is -0.00435. The van der Waals surface area contributed by atoms with Gasteiger partial charge in [0, 0.05) is 0 Å². The fraction of sp³-hybridized carbons (Fsp3) is 0.286. The summed E-state index contributed by atoms with van der Waals surface area (Å²) in [7, 11) is -3.32. The molecule has 0 saturated carbocycles. The smallest absolute Gasteiger partial charge is 0.232 e. The number of nitrogens with zero attached hydrogens (tertiary/aromatic N) is 4. The van der Waals surface area contributed by atoms with Crippen LogP contribution in [0.4, 0.5) is 5.69 Å². The number of hydrogen-bond donors (Lipinski definition) is 1. The lowest BCUT2D eigenvalue weighted by Gasteiger charge is -2.05. The van der Waals surface area contributed by atoms with Crippen molar-refractivity contribution in [2.45, 2.75) is 6.92 Å². The molecule has 0 aliphatic rings. The van der Waals surface area contributed by atoms with Crippen LogP contribution in [0.5, 0.6) is 0 Å². The normalized spacial score (nSPS) is 11.8. The number of anilines is 1. The molecule has 2 heterocycles. The monoisotopic (exact) mass is 226 g/mol. The van der Waals surface area contributed by atoms with Crippen LogP contribution in [0, 0.1) is 6.20 Å². The van der Waals surface area contributed by atoms with Crippen molar-refractivity contribution < 1.29 is 8.42 Å². The maximum absolute atomic E-state index is 11.3. The van der Waals surface area contributed by atoms with E-state index in [1.807, 2.05) is 0 Å². The number of rotatable bonds is 3. The van der Waals surface area contributed by atoms with Gasteiger partial charge >= 0.3 is 0 Å². The largest absolute Gasteiger partial charge is 0.280 e. The molecule has 1 N–H and O–H groups in total. The average Bonchev–Trinajstić information content (AvgIpc) is 2.66. The molecule has 15 heavy (non-hydrogen) atoms. The van der Waals surface area contributed by atoms with E-state index < -0.39 is 10.0 Å². The maximum atomic E-state index is 11.3. The van der Waals surface area contributed by atoms with Gasteiger partial charge in [-0.3, -0.25) is 4.72 Å². The third-order valence-electron chi connectivity index (χ3n) is 1.79. The molecule has 7 nitrogen and oxygen atoms in total. The molecule has 0 aliphatic carbocycles. The minimum atomic E-state index is -3.32. The van der Waals surface area contributed by atoms with E-state index in [0.29, 0.717) is 11.3 Å². The van der Waals surface area contributed by atoms with Crippen molar-refractivity contribution in [3.05, 3.63) is 18.6 Å². The zero-order chi connectivity index (χ0) is 10.9. The Morgan fingerprint density at radius 3 is 3.13 bits per heavy atom. The van der Waals surface area contributed by atoms with Crippen molar-refractivity contribution in [2.24, 2.45) is 0 Å². The minimum Gasteiger partial charge on any atom is -0.280 e. The summed E-state index contributed by atoms with van der Waals surface area (Å²) in [5, 5.41) is 11.1. The second-order valence-electron chi connectivity index (χ2n) is 2.79. The van der Waals surface area contributed by atoms with Gasteiger partial charge in [0.2, 0.25) is 15.7 Å². The fourth-order valence-corrected chi connectivity index (χ4v) is 1.64. The van der Waals surface area contributed by atoms with Crippen LogP contribution in [0.3, 0.4) is 0 Å². The van der Waals surface area contributed by atoms with Gasteiger partial charge in [0.1, 0.15) is 12.5 Å².